The molecule has 1 saturated heterocycles. The molecule has 2 rings (SSSR count). The third-order valence-electron chi connectivity index (χ3n) is 3.52. The Hall–Kier alpha value is -1.41. The number of carbonyl (C=O) groups is 1. The van der Waals surface area contributed by atoms with Crippen molar-refractivity contribution in [3.8, 4) is 0 Å². The standard InChI is InChI=1S/C11H17N3O4S/c1-8-10(7-12-13(8)2)19(17,18)14-6-4-3-5-9(14)11(15)16/h7,9H,3-6H2,1-2H3,(H,15,16). The minimum absolute atomic E-state index is 0.0863. The predicted molar refractivity (Wildman–Crippen MR) is 67.1 cm³/mol. The summed E-state index contributed by atoms with van der Waals surface area (Å²) in [6.45, 7) is 1.90. The smallest absolute Gasteiger partial charge is 0.322 e. The van der Waals surface area contributed by atoms with E-state index < -0.39 is 22.0 Å². The summed E-state index contributed by atoms with van der Waals surface area (Å²) < 4.78 is 27.6. The number of carboxylic acid groups (broad SMARTS) is 1. The number of nitrogens with zero attached hydrogens (tertiary/aromatic N) is 3. The van der Waals surface area contributed by atoms with Crippen LogP contribution in [0.2, 0.25) is 0 Å². The Morgan fingerprint density at radius 1 is 1.47 bits per heavy atom. The van der Waals surface area contributed by atoms with Crippen LogP contribution in [-0.4, -0.2) is 46.2 Å². The highest BCUT2D eigenvalue weighted by Gasteiger charge is 2.38. The minimum Gasteiger partial charge on any atom is -0.480 e. The Kier molecular flexibility index (Phi) is 3.64. The van der Waals surface area contributed by atoms with Crippen LogP contribution in [-0.2, 0) is 21.9 Å². The summed E-state index contributed by atoms with van der Waals surface area (Å²) in [6.07, 6.45) is 3.05. The zero-order chi connectivity index (χ0) is 14.2. The van der Waals surface area contributed by atoms with E-state index in [0.717, 1.165) is 10.7 Å². The van der Waals surface area contributed by atoms with E-state index in [-0.39, 0.29) is 11.4 Å². The molecule has 0 aromatic carbocycles. The van der Waals surface area contributed by atoms with Gasteiger partial charge in [-0.2, -0.15) is 9.40 Å². The highest BCUT2D eigenvalue weighted by Crippen LogP contribution is 2.26. The van der Waals surface area contributed by atoms with Gasteiger partial charge in [0.15, 0.2) is 0 Å². The summed E-state index contributed by atoms with van der Waals surface area (Å²) in [5.41, 5.74) is 0.509. The van der Waals surface area contributed by atoms with Crippen LogP contribution in [0.5, 0.6) is 0 Å². The quantitative estimate of drug-likeness (QED) is 0.866. The second-order valence-electron chi connectivity index (χ2n) is 4.68. The van der Waals surface area contributed by atoms with E-state index in [0.29, 0.717) is 18.5 Å². The van der Waals surface area contributed by atoms with Gasteiger partial charge < -0.3 is 5.11 Å². The second-order valence-corrected chi connectivity index (χ2v) is 6.54. The fourth-order valence-corrected chi connectivity index (χ4v) is 4.14. The van der Waals surface area contributed by atoms with Gasteiger partial charge in [0.2, 0.25) is 10.0 Å². The molecule has 0 radical (unpaired) electrons. The van der Waals surface area contributed by atoms with E-state index in [4.69, 9.17) is 5.11 Å². The molecule has 106 valence electrons. The van der Waals surface area contributed by atoms with Gasteiger partial charge in [0, 0.05) is 13.6 Å². The summed E-state index contributed by atoms with van der Waals surface area (Å²) >= 11 is 0. The monoisotopic (exact) mass is 287 g/mol. The van der Waals surface area contributed by atoms with Gasteiger partial charge in [0.25, 0.3) is 0 Å². The molecule has 1 atom stereocenters. The number of aliphatic carboxylic acids is 1. The molecule has 0 amide bonds. The number of hydrogen-bond donors (Lipinski definition) is 1. The number of carboxylic acids is 1. The van der Waals surface area contributed by atoms with E-state index in [1.807, 2.05) is 0 Å². The normalized spacial score (nSPS) is 21.5. The van der Waals surface area contributed by atoms with Gasteiger partial charge in [-0.15, -0.1) is 0 Å². The molecule has 1 fully saturated rings. The van der Waals surface area contributed by atoms with Gasteiger partial charge in [-0.25, -0.2) is 8.42 Å². The van der Waals surface area contributed by atoms with Crippen LogP contribution in [0.25, 0.3) is 0 Å². The Bertz CT molecular complexity index is 593. The summed E-state index contributed by atoms with van der Waals surface area (Å²) in [6, 6.07) is -0.974. The van der Waals surface area contributed by atoms with Gasteiger partial charge in [-0.05, 0) is 26.2 Å². The first-order chi connectivity index (χ1) is 8.85. The third-order valence-corrected chi connectivity index (χ3v) is 5.53. The first-order valence-corrected chi connectivity index (χ1v) is 7.53. The second kappa shape index (κ2) is 4.93. The van der Waals surface area contributed by atoms with Gasteiger partial charge in [0.1, 0.15) is 10.9 Å². The lowest BCUT2D eigenvalue weighted by Gasteiger charge is -2.31. The van der Waals surface area contributed by atoms with E-state index in [1.165, 1.54) is 10.9 Å². The molecule has 1 aromatic rings. The molecule has 8 heteroatoms. The minimum atomic E-state index is -3.80. The molecule has 0 spiro atoms. The largest absolute Gasteiger partial charge is 0.480 e. The molecule has 19 heavy (non-hydrogen) atoms. The fraction of sp³-hybridized carbons (Fsp3) is 0.636. The maximum absolute atomic E-state index is 12.5. The van der Waals surface area contributed by atoms with Crippen molar-refractivity contribution in [2.24, 2.45) is 7.05 Å². The number of sulfonamides is 1. The Balaban J connectivity index is 2.43. The SMILES string of the molecule is Cc1c(S(=O)(=O)N2CCCCC2C(=O)O)cnn1C. The molecule has 1 unspecified atom stereocenters. The summed E-state index contributed by atoms with van der Waals surface area (Å²) in [5.74, 6) is -1.09. The van der Waals surface area contributed by atoms with Crippen molar-refractivity contribution >= 4 is 16.0 Å². The molecular weight excluding hydrogens is 270 g/mol. The molecule has 0 saturated carbocycles. The molecule has 7 nitrogen and oxygen atoms in total. The predicted octanol–water partition coefficient (Wildman–Crippen LogP) is 0.356. The molecule has 1 aromatic heterocycles. The van der Waals surface area contributed by atoms with Gasteiger partial charge in [-0.3, -0.25) is 9.48 Å². The van der Waals surface area contributed by atoms with E-state index in [1.54, 1.807) is 14.0 Å². The van der Waals surface area contributed by atoms with Crippen molar-refractivity contribution in [3.05, 3.63) is 11.9 Å². The number of aryl methyl sites for hydroxylation is 1. The molecule has 2 heterocycles. The first kappa shape index (κ1) is 14.0. The Morgan fingerprint density at radius 2 is 2.16 bits per heavy atom. The Morgan fingerprint density at radius 3 is 2.68 bits per heavy atom. The maximum Gasteiger partial charge on any atom is 0.322 e. The van der Waals surface area contributed by atoms with E-state index in [9.17, 15) is 13.2 Å². The van der Waals surface area contributed by atoms with Crippen molar-refractivity contribution in [1.29, 1.82) is 0 Å². The fourth-order valence-electron chi connectivity index (χ4n) is 2.30. The molecule has 1 aliphatic heterocycles. The molecule has 1 N–H and O–H groups in total. The van der Waals surface area contributed by atoms with Gasteiger partial charge in [0.05, 0.1) is 11.9 Å². The van der Waals surface area contributed by atoms with Crippen LogP contribution in [0.4, 0.5) is 0 Å². The van der Waals surface area contributed by atoms with Crippen molar-refractivity contribution in [2.75, 3.05) is 6.54 Å². The summed E-state index contributed by atoms with van der Waals surface area (Å²) in [4.78, 5) is 11.3. The van der Waals surface area contributed by atoms with Crippen molar-refractivity contribution < 1.29 is 18.3 Å². The average molecular weight is 287 g/mol. The summed E-state index contributed by atoms with van der Waals surface area (Å²) in [5, 5.41) is 13.1. The third kappa shape index (κ3) is 2.37. The highest BCUT2D eigenvalue weighted by atomic mass is 32.2. The van der Waals surface area contributed by atoms with Gasteiger partial charge in [-0.1, -0.05) is 0 Å². The lowest BCUT2D eigenvalue weighted by atomic mass is 10.1. The molecule has 1 aliphatic rings. The van der Waals surface area contributed by atoms with E-state index in [2.05, 4.69) is 5.10 Å². The topological polar surface area (TPSA) is 92.5 Å². The van der Waals surface area contributed by atoms with Crippen LogP contribution in [0, 0.1) is 6.92 Å². The average Bonchev–Trinajstić information content (AvgIpc) is 2.70. The van der Waals surface area contributed by atoms with Crippen molar-refractivity contribution in [3.63, 3.8) is 0 Å². The number of piperidine rings is 1. The lowest BCUT2D eigenvalue weighted by Crippen LogP contribution is -2.47. The van der Waals surface area contributed by atoms with Crippen molar-refractivity contribution in [1.82, 2.24) is 14.1 Å². The zero-order valence-corrected chi connectivity index (χ0v) is 11.7. The van der Waals surface area contributed by atoms with Crippen LogP contribution in [0.1, 0.15) is 25.0 Å². The first-order valence-electron chi connectivity index (χ1n) is 6.09. The highest BCUT2D eigenvalue weighted by molar-refractivity contribution is 7.89. The van der Waals surface area contributed by atoms with Crippen LogP contribution >= 0.6 is 0 Å². The molecule has 0 aliphatic carbocycles. The number of aromatic nitrogens is 2. The maximum atomic E-state index is 12.5. The number of hydrogen-bond acceptors (Lipinski definition) is 4. The van der Waals surface area contributed by atoms with E-state index >= 15 is 0 Å². The van der Waals surface area contributed by atoms with Crippen molar-refractivity contribution in [2.45, 2.75) is 37.1 Å². The van der Waals surface area contributed by atoms with Crippen LogP contribution in [0.3, 0.4) is 0 Å². The zero-order valence-electron chi connectivity index (χ0n) is 10.9. The van der Waals surface area contributed by atoms with Gasteiger partial charge >= 0.3 is 5.97 Å². The van der Waals surface area contributed by atoms with Crippen LogP contribution in [0.15, 0.2) is 11.1 Å². The number of rotatable bonds is 3. The lowest BCUT2D eigenvalue weighted by molar-refractivity contribution is -0.142. The Labute approximate surface area is 111 Å². The molecular formula is C11H17N3O4S. The summed E-state index contributed by atoms with van der Waals surface area (Å²) in [7, 11) is -2.14. The molecule has 0 bridgehead atoms. The van der Waals surface area contributed by atoms with Crippen LogP contribution < -0.4 is 0 Å².